The number of nitrogens with zero attached hydrogens (tertiary/aromatic N) is 1. The van der Waals surface area contributed by atoms with Crippen LogP contribution in [-0.4, -0.2) is 5.90 Å². The maximum absolute atomic E-state index is 13.1. The van der Waals surface area contributed by atoms with Crippen molar-refractivity contribution < 1.29 is 9.13 Å². The van der Waals surface area contributed by atoms with Crippen LogP contribution in [0.2, 0.25) is 0 Å². The van der Waals surface area contributed by atoms with E-state index in [0.29, 0.717) is 11.6 Å². The van der Waals surface area contributed by atoms with Crippen LogP contribution in [0.4, 0.5) is 10.1 Å². The molecule has 0 heterocycles. The summed E-state index contributed by atoms with van der Waals surface area (Å²) in [6, 6.07) is 25.6. The number of thioether (sulfide) groups is 1. The van der Waals surface area contributed by atoms with Gasteiger partial charge in [0.2, 0.25) is 5.90 Å². The summed E-state index contributed by atoms with van der Waals surface area (Å²) >= 11 is 1.60. The summed E-state index contributed by atoms with van der Waals surface area (Å²) in [6.45, 7) is 1.95. The molecule has 0 radical (unpaired) electrons. The van der Waals surface area contributed by atoms with Crippen molar-refractivity contribution in [3.63, 3.8) is 0 Å². The average Bonchev–Trinajstić information content (AvgIpc) is 2.69. The molecule has 0 saturated heterocycles. The third-order valence-corrected chi connectivity index (χ3v) is 4.48. The van der Waals surface area contributed by atoms with E-state index in [0.717, 1.165) is 16.2 Å². The van der Waals surface area contributed by atoms with Crippen LogP contribution < -0.4 is 4.74 Å². The van der Waals surface area contributed by atoms with Gasteiger partial charge in [-0.15, -0.1) is 0 Å². The van der Waals surface area contributed by atoms with Crippen molar-refractivity contribution in [2.24, 2.45) is 4.99 Å². The fourth-order valence-electron chi connectivity index (χ4n) is 2.13. The third-order valence-electron chi connectivity index (χ3n) is 3.47. The number of rotatable bonds is 5. The number of hydrogen-bond acceptors (Lipinski definition) is 3. The topological polar surface area (TPSA) is 21.6 Å². The number of halogens is 1. The summed E-state index contributed by atoms with van der Waals surface area (Å²) in [5.74, 6) is 0.718. The van der Waals surface area contributed by atoms with Gasteiger partial charge >= 0.3 is 0 Å². The Morgan fingerprint density at radius 2 is 1.50 bits per heavy atom. The van der Waals surface area contributed by atoms with Crippen molar-refractivity contribution in [1.82, 2.24) is 0 Å². The predicted octanol–water partition coefficient (Wildman–Crippen LogP) is 6.63. The van der Waals surface area contributed by atoms with Gasteiger partial charge in [-0.2, -0.15) is 0 Å². The lowest BCUT2D eigenvalue weighted by Gasteiger charge is -2.10. The Labute approximate surface area is 157 Å². The van der Waals surface area contributed by atoms with Gasteiger partial charge in [0.15, 0.2) is 0 Å². The minimum absolute atomic E-state index is 0.300. The van der Waals surface area contributed by atoms with Gasteiger partial charge in [0, 0.05) is 10.5 Å². The lowest BCUT2D eigenvalue weighted by Crippen LogP contribution is -2.09. The first-order valence-electron chi connectivity index (χ1n) is 8.17. The van der Waals surface area contributed by atoms with Gasteiger partial charge in [-0.1, -0.05) is 48.2 Å². The molecule has 2 nitrogen and oxygen atoms in total. The van der Waals surface area contributed by atoms with E-state index in [1.165, 1.54) is 12.1 Å². The van der Waals surface area contributed by atoms with Crippen LogP contribution in [-0.2, 0) is 0 Å². The van der Waals surface area contributed by atoms with Crippen LogP contribution in [0.15, 0.2) is 106 Å². The zero-order valence-electron chi connectivity index (χ0n) is 14.3. The minimum atomic E-state index is -0.300. The van der Waals surface area contributed by atoms with Crippen molar-refractivity contribution in [2.75, 3.05) is 0 Å². The van der Waals surface area contributed by atoms with E-state index < -0.39 is 0 Å². The summed E-state index contributed by atoms with van der Waals surface area (Å²) in [4.78, 5) is 5.74. The molecule has 0 atom stereocenters. The van der Waals surface area contributed by atoms with Gasteiger partial charge in [0.25, 0.3) is 0 Å². The normalized spacial score (nSPS) is 12.1. The molecule has 130 valence electrons. The summed E-state index contributed by atoms with van der Waals surface area (Å²) < 4.78 is 19.1. The highest BCUT2D eigenvalue weighted by Gasteiger charge is 2.07. The maximum Gasteiger partial charge on any atom is 0.223 e. The fourth-order valence-corrected chi connectivity index (χ4v) is 2.86. The largest absolute Gasteiger partial charge is 0.439 e. The second-order valence-electron chi connectivity index (χ2n) is 5.54. The zero-order chi connectivity index (χ0) is 18.2. The Bertz CT molecular complexity index is 890. The summed E-state index contributed by atoms with van der Waals surface area (Å²) in [6.07, 6.45) is 0. The van der Waals surface area contributed by atoms with Crippen LogP contribution in [0.1, 0.15) is 6.92 Å². The molecular weight excluding hydrogens is 345 g/mol. The van der Waals surface area contributed by atoms with Crippen molar-refractivity contribution in [2.45, 2.75) is 11.8 Å². The zero-order valence-corrected chi connectivity index (χ0v) is 15.1. The first-order valence-corrected chi connectivity index (χ1v) is 9.05. The highest BCUT2D eigenvalue weighted by Crippen LogP contribution is 2.23. The molecule has 3 rings (SSSR count). The Morgan fingerprint density at radius 1 is 0.885 bits per heavy atom. The van der Waals surface area contributed by atoms with Gasteiger partial charge in [-0.05, 0) is 60.9 Å². The summed E-state index contributed by atoms with van der Waals surface area (Å²) in [5.41, 5.74) is 1.68. The number of para-hydroxylation sites is 1. The Morgan fingerprint density at radius 3 is 2.15 bits per heavy atom. The van der Waals surface area contributed by atoms with E-state index in [1.807, 2.05) is 73.0 Å². The lowest BCUT2D eigenvalue weighted by atomic mass is 10.3. The van der Waals surface area contributed by atoms with E-state index in [1.54, 1.807) is 23.9 Å². The van der Waals surface area contributed by atoms with Crippen molar-refractivity contribution >= 4 is 23.3 Å². The second-order valence-corrected chi connectivity index (χ2v) is 6.48. The van der Waals surface area contributed by atoms with Gasteiger partial charge in [-0.3, -0.25) is 0 Å². The lowest BCUT2D eigenvalue weighted by molar-refractivity contribution is 0.546. The molecule has 3 aromatic rings. The van der Waals surface area contributed by atoms with Gasteiger partial charge in [0.1, 0.15) is 11.6 Å². The summed E-state index contributed by atoms with van der Waals surface area (Å²) in [5, 5.41) is 2.00. The molecule has 0 saturated carbocycles. The molecule has 3 aromatic carbocycles. The molecule has 0 aliphatic heterocycles. The molecule has 0 bridgehead atoms. The quantitative estimate of drug-likeness (QED) is 0.288. The fraction of sp³-hybridized carbons (Fsp3) is 0.0455. The SMILES string of the molecule is C/C(=C\Sc1ccccc1)C(=Nc1ccccc1)Oc1ccc(F)cc1. The smallest absolute Gasteiger partial charge is 0.223 e. The third kappa shape index (κ3) is 5.33. The number of aliphatic imine (C=N–C) groups is 1. The van der Waals surface area contributed by atoms with Gasteiger partial charge < -0.3 is 4.74 Å². The monoisotopic (exact) mass is 363 g/mol. The molecule has 0 aliphatic carbocycles. The van der Waals surface area contributed by atoms with Crippen molar-refractivity contribution in [3.05, 3.63) is 102 Å². The molecule has 26 heavy (non-hydrogen) atoms. The van der Waals surface area contributed by atoms with Gasteiger partial charge in [-0.25, -0.2) is 9.38 Å². The van der Waals surface area contributed by atoms with E-state index in [9.17, 15) is 4.39 Å². The highest BCUT2D eigenvalue weighted by atomic mass is 32.2. The Balaban J connectivity index is 1.86. The standard InChI is InChI=1S/C22H18FNOS/c1-17(16-26-21-10-6-3-7-11-21)22(24-19-8-4-2-5-9-19)25-20-14-12-18(23)13-15-20/h2-16H,1H3/b17-16+,24-22?. The first kappa shape index (κ1) is 18.0. The molecule has 0 N–H and O–H groups in total. The van der Waals surface area contributed by atoms with E-state index in [4.69, 9.17) is 4.74 Å². The van der Waals surface area contributed by atoms with Crippen LogP contribution in [0, 0.1) is 5.82 Å². The molecule has 0 aromatic heterocycles. The molecule has 0 aliphatic rings. The van der Waals surface area contributed by atoms with Crippen LogP contribution >= 0.6 is 11.8 Å². The minimum Gasteiger partial charge on any atom is -0.439 e. The molecular formula is C22H18FNOS. The van der Waals surface area contributed by atoms with E-state index in [-0.39, 0.29) is 5.82 Å². The van der Waals surface area contributed by atoms with Crippen LogP contribution in [0.3, 0.4) is 0 Å². The molecule has 0 fully saturated rings. The molecule has 0 unspecified atom stereocenters. The second kappa shape index (κ2) is 9.02. The van der Waals surface area contributed by atoms with Crippen LogP contribution in [0.5, 0.6) is 5.75 Å². The van der Waals surface area contributed by atoms with Crippen molar-refractivity contribution in [1.29, 1.82) is 0 Å². The average molecular weight is 363 g/mol. The van der Waals surface area contributed by atoms with E-state index >= 15 is 0 Å². The molecule has 0 spiro atoms. The number of benzene rings is 3. The van der Waals surface area contributed by atoms with Crippen molar-refractivity contribution in [3.8, 4) is 5.75 Å². The summed E-state index contributed by atoms with van der Waals surface area (Å²) in [7, 11) is 0. The first-order chi connectivity index (χ1) is 12.7. The molecule has 0 amide bonds. The predicted molar refractivity (Wildman–Crippen MR) is 107 cm³/mol. The highest BCUT2D eigenvalue weighted by molar-refractivity contribution is 8.02. The van der Waals surface area contributed by atoms with Crippen LogP contribution in [0.25, 0.3) is 0 Å². The number of hydrogen-bond donors (Lipinski definition) is 0. The Kier molecular flexibility index (Phi) is 6.23. The van der Waals surface area contributed by atoms with Gasteiger partial charge in [0.05, 0.1) is 5.69 Å². The molecule has 4 heteroatoms. The maximum atomic E-state index is 13.1. The number of ether oxygens (including phenoxy) is 1. The van der Waals surface area contributed by atoms with E-state index in [2.05, 4.69) is 4.99 Å². The Hall–Kier alpha value is -2.85.